The summed E-state index contributed by atoms with van der Waals surface area (Å²) in [6, 6.07) is 17.1. The molecule has 0 saturated carbocycles. The van der Waals surface area contributed by atoms with E-state index in [0.717, 1.165) is 14.9 Å². The molecule has 0 saturated heterocycles. The number of benzene rings is 2. The molecule has 174 valence electrons. The SMILES string of the molecule is COCCCN(CC(=O)N(Cc1ccc(F)cc1)Cc1cccs1)C(=O)c1ccc(Br)cc1. The zero-order valence-electron chi connectivity index (χ0n) is 18.4. The summed E-state index contributed by atoms with van der Waals surface area (Å²) in [5.74, 6) is -0.695. The van der Waals surface area contributed by atoms with Crippen molar-refractivity contribution in [2.45, 2.75) is 19.5 Å². The van der Waals surface area contributed by atoms with Gasteiger partial charge in [-0.25, -0.2) is 4.39 Å². The number of rotatable bonds is 11. The van der Waals surface area contributed by atoms with Gasteiger partial charge in [-0.05, 0) is 59.8 Å². The van der Waals surface area contributed by atoms with E-state index in [1.807, 2.05) is 17.5 Å². The maximum Gasteiger partial charge on any atom is 0.254 e. The number of hydrogen-bond donors (Lipinski definition) is 0. The van der Waals surface area contributed by atoms with Gasteiger partial charge in [0.15, 0.2) is 0 Å². The van der Waals surface area contributed by atoms with Crippen LogP contribution in [0.2, 0.25) is 0 Å². The number of hydrogen-bond acceptors (Lipinski definition) is 4. The van der Waals surface area contributed by atoms with Gasteiger partial charge in [-0.1, -0.05) is 34.1 Å². The average molecular weight is 533 g/mol. The van der Waals surface area contributed by atoms with Crippen molar-refractivity contribution in [1.82, 2.24) is 9.80 Å². The molecule has 1 aromatic heterocycles. The Balaban J connectivity index is 1.78. The predicted molar refractivity (Wildman–Crippen MR) is 132 cm³/mol. The van der Waals surface area contributed by atoms with Gasteiger partial charge in [-0.2, -0.15) is 0 Å². The highest BCUT2D eigenvalue weighted by atomic mass is 79.9. The van der Waals surface area contributed by atoms with E-state index in [0.29, 0.717) is 38.2 Å². The molecule has 0 aliphatic rings. The molecule has 2 amide bonds. The molecule has 0 spiro atoms. The Labute approximate surface area is 205 Å². The first-order chi connectivity index (χ1) is 16.0. The lowest BCUT2D eigenvalue weighted by atomic mass is 10.2. The van der Waals surface area contributed by atoms with E-state index in [-0.39, 0.29) is 24.2 Å². The zero-order valence-corrected chi connectivity index (χ0v) is 20.8. The van der Waals surface area contributed by atoms with Crippen molar-refractivity contribution in [1.29, 1.82) is 0 Å². The Morgan fingerprint density at radius 2 is 1.73 bits per heavy atom. The van der Waals surface area contributed by atoms with Gasteiger partial charge in [0.1, 0.15) is 12.4 Å². The Bertz CT molecular complexity index is 1030. The van der Waals surface area contributed by atoms with Crippen LogP contribution in [0.4, 0.5) is 4.39 Å². The fourth-order valence-electron chi connectivity index (χ4n) is 3.32. The largest absolute Gasteiger partial charge is 0.385 e. The summed E-state index contributed by atoms with van der Waals surface area (Å²) >= 11 is 4.95. The Kier molecular flexibility index (Phi) is 9.60. The summed E-state index contributed by atoms with van der Waals surface area (Å²) in [4.78, 5) is 30.9. The number of carbonyl (C=O) groups is 2. The van der Waals surface area contributed by atoms with Crippen molar-refractivity contribution in [2.75, 3.05) is 26.8 Å². The van der Waals surface area contributed by atoms with Gasteiger partial charge < -0.3 is 14.5 Å². The minimum Gasteiger partial charge on any atom is -0.385 e. The number of nitrogens with zero attached hydrogens (tertiary/aromatic N) is 2. The molecule has 8 heteroatoms. The van der Waals surface area contributed by atoms with E-state index in [2.05, 4.69) is 15.9 Å². The summed E-state index contributed by atoms with van der Waals surface area (Å²) in [6.45, 7) is 1.59. The van der Waals surface area contributed by atoms with Crippen LogP contribution < -0.4 is 0 Å². The second kappa shape index (κ2) is 12.6. The minimum absolute atomic E-state index is 0.0504. The van der Waals surface area contributed by atoms with E-state index < -0.39 is 0 Å². The maximum absolute atomic E-state index is 13.4. The third-order valence-electron chi connectivity index (χ3n) is 5.05. The molecule has 0 N–H and O–H groups in total. The van der Waals surface area contributed by atoms with Gasteiger partial charge in [-0.15, -0.1) is 11.3 Å². The van der Waals surface area contributed by atoms with Crippen LogP contribution in [0.25, 0.3) is 0 Å². The number of carbonyl (C=O) groups excluding carboxylic acids is 2. The molecule has 3 rings (SSSR count). The van der Waals surface area contributed by atoms with Crippen molar-refractivity contribution in [3.05, 3.63) is 92.3 Å². The highest BCUT2D eigenvalue weighted by molar-refractivity contribution is 9.10. The highest BCUT2D eigenvalue weighted by Gasteiger charge is 2.23. The van der Waals surface area contributed by atoms with Gasteiger partial charge in [0, 0.05) is 41.7 Å². The normalized spacial score (nSPS) is 10.8. The lowest BCUT2D eigenvalue weighted by molar-refractivity contribution is -0.133. The molecular weight excluding hydrogens is 507 g/mol. The number of methoxy groups -OCH3 is 1. The molecule has 0 radical (unpaired) electrons. The predicted octanol–water partition coefficient (Wildman–Crippen LogP) is 5.36. The van der Waals surface area contributed by atoms with E-state index >= 15 is 0 Å². The summed E-state index contributed by atoms with van der Waals surface area (Å²) < 4.78 is 19.4. The van der Waals surface area contributed by atoms with Crippen LogP contribution in [-0.2, 0) is 22.6 Å². The third-order valence-corrected chi connectivity index (χ3v) is 6.44. The molecule has 0 aliphatic heterocycles. The fourth-order valence-corrected chi connectivity index (χ4v) is 4.31. The van der Waals surface area contributed by atoms with Crippen LogP contribution in [0.5, 0.6) is 0 Å². The van der Waals surface area contributed by atoms with Crippen LogP contribution in [0.15, 0.2) is 70.5 Å². The molecule has 3 aromatic rings. The van der Waals surface area contributed by atoms with Crippen LogP contribution in [0.1, 0.15) is 27.2 Å². The van der Waals surface area contributed by atoms with Crippen molar-refractivity contribution in [3.8, 4) is 0 Å². The van der Waals surface area contributed by atoms with E-state index in [1.54, 1.807) is 64.6 Å². The highest BCUT2D eigenvalue weighted by Crippen LogP contribution is 2.17. The first-order valence-electron chi connectivity index (χ1n) is 10.5. The Morgan fingerprint density at radius 3 is 2.36 bits per heavy atom. The van der Waals surface area contributed by atoms with Crippen LogP contribution in [-0.4, -0.2) is 48.4 Å². The smallest absolute Gasteiger partial charge is 0.254 e. The average Bonchev–Trinajstić information content (AvgIpc) is 3.33. The first kappa shape index (κ1) is 25.1. The first-order valence-corrected chi connectivity index (χ1v) is 12.2. The molecule has 0 unspecified atom stereocenters. The van der Waals surface area contributed by atoms with Gasteiger partial charge in [0.2, 0.25) is 5.91 Å². The molecule has 0 atom stereocenters. The van der Waals surface area contributed by atoms with Gasteiger partial charge in [0.05, 0.1) is 6.54 Å². The minimum atomic E-state index is -0.320. The van der Waals surface area contributed by atoms with Crippen molar-refractivity contribution < 1.29 is 18.7 Å². The Morgan fingerprint density at radius 1 is 1.00 bits per heavy atom. The summed E-state index contributed by atoms with van der Waals surface area (Å²) in [5.41, 5.74) is 1.35. The molecule has 0 bridgehead atoms. The summed E-state index contributed by atoms with van der Waals surface area (Å²) in [6.07, 6.45) is 0.620. The lowest BCUT2D eigenvalue weighted by Gasteiger charge is -2.28. The molecule has 0 aliphatic carbocycles. The summed E-state index contributed by atoms with van der Waals surface area (Å²) in [7, 11) is 1.61. The molecule has 2 aromatic carbocycles. The van der Waals surface area contributed by atoms with Gasteiger partial charge >= 0.3 is 0 Å². The van der Waals surface area contributed by atoms with Crippen molar-refractivity contribution >= 4 is 39.1 Å². The molecule has 0 fully saturated rings. The van der Waals surface area contributed by atoms with Gasteiger partial charge in [0.25, 0.3) is 5.91 Å². The van der Waals surface area contributed by atoms with E-state index in [4.69, 9.17) is 4.74 Å². The van der Waals surface area contributed by atoms with Gasteiger partial charge in [-0.3, -0.25) is 9.59 Å². The molecule has 5 nitrogen and oxygen atoms in total. The fraction of sp³-hybridized carbons (Fsp3) is 0.280. The topological polar surface area (TPSA) is 49.9 Å². The second-order valence-corrected chi connectivity index (χ2v) is 9.48. The number of amides is 2. The maximum atomic E-state index is 13.4. The van der Waals surface area contributed by atoms with E-state index in [9.17, 15) is 14.0 Å². The van der Waals surface area contributed by atoms with Crippen LogP contribution in [0, 0.1) is 5.82 Å². The van der Waals surface area contributed by atoms with E-state index in [1.165, 1.54) is 12.1 Å². The monoisotopic (exact) mass is 532 g/mol. The second-order valence-electron chi connectivity index (χ2n) is 7.54. The third kappa shape index (κ3) is 7.77. The molecule has 33 heavy (non-hydrogen) atoms. The molecule has 1 heterocycles. The standard InChI is InChI=1S/C25H26BrFN2O3S/c1-32-14-3-13-28(25(31)20-7-9-21(26)10-8-20)18-24(30)29(17-23-4-2-15-33-23)16-19-5-11-22(27)12-6-19/h2,4-12,15H,3,13-14,16-18H2,1H3. The van der Waals surface area contributed by atoms with Crippen molar-refractivity contribution in [3.63, 3.8) is 0 Å². The summed E-state index contributed by atoms with van der Waals surface area (Å²) in [5, 5.41) is 1.96. The Hall–Kier alpha value is -2.55. The lowest BCUT2D eigenvalue weighted by Crippen LogP contribution is -2.43. The molecular formula is C25H26BrFN2O3S. The zero-order chi connectivity index (χ0) is 23.6. The van der Waals surface area contributed by atoms with Crippen LogP contribution >= 0.6 is 27.3 Å². The number of halogens is 2. The number of thiophene rings is 1. The number of ether oxygens (including phenoxy) is 1. The van der Waals surface area contributed by atoms with Crippen molar-refractivity contribution in [2.24, 2.45) is 0 Å². The quantitative estimate of drug-likeness (QED) is 0.312. The van der Waals surface area contributed by atoms with Crippen LogP contribution in [0.3, 0.4) is 0 Å².